The van der Waals surface area contributed by atoms with Crippen molar-refractivity contribution in [2.75, 3.05) is 6.61 Å². The number of halogens is 1. The zero-order valence-electron chi connectivity index (χ0n) is 12.6. The first-order chi connectivity index (χ1) is 11.2. The second kappa shape index (κ2) is 7.62. The van der Waals surface area contributed by atoms with Crippen LogP contribution in [0.5, 0.6) is 0 Å². The molecule has 1 aliphatic heterocycles. The van der Waals surface area contributed by atoms with Crippen molar-refractivity contribution in [3.05, 3.63) is 70.2 Å². The Hall–Kier alpha value is -1.85. The quantitative estimate of drug-likeness (QED) is 0.783. The predicted octanol–water partition coefficient (Wildman–Crippen LogP) is 3.69. The van der Waals surface area contributed by atoms with Crippen LogP contribution in [0.25, 0.3) is 0 Å². The van der Waals surface area contributed by atoms with Crippen LogP contribution in [-0.4, -0.2) is 24.8 Å². The molecule has 0 aromatic heterocycles. The van der Waals surface area contributed by atoms with E-state index in [4.69, 9.17) is 9.47 Å². The SMILES string of the molecule is O=C(N[C@@H](Cc1cccc(Br)c1)[C@H]1CO1)OCc1ccccc1. The van der Waals surface area contributed by atoms with Crippen molar-refractivity contribution in [2.24, 2.45) is 0 Å². The highest BCUT2D eigenvalue weighted by Crippen LogP contribution is 2.20. The molecular weight excluding hydrogens is 358 g/mol. The summed E-state index contributed by atoms with van der Waals surface area (Å²) >= 11 is 3.46. The van der Waals surface area contributed by atoms with Crippen molar-refractivity contribution in [1.29, 1.82) is 0 Å². The summed E-state index contributed by atoms with van der Waals surface area (Å²) in [5.74, 6) is 0. The number of carbonyl (C=O) groups excluding carboxylic acids is 1. The Kier molecular flexibility index (Phi) is 5.31. The van der Waals surface area contributed by atoms with Crippen LogP contribution in [0, 0.1) is 0 Å². The van der Waals surface area contributed by atoms with E-state index < -0.39 is 6.09 Å². The van der Waals surface area contributed by atoms with E-state index in [1.807, 2.05) is 54.6 Å². The zero-order chi connectivity index (χ0) is 16.1. The van der Waals surface area contributed by atoms with Crippen molar-refractivity contribution < 1.29 is 14.3 Å². The van der Waals surface area contributed by atoms with E-state index in [2.05, 4.69) is 21.2 Å². The standard InChI is InChI=1S/C18H18BrNO3/c19-15-8-4-7-14(9-15)10-16(17-12-22-17)20-18(21)23-11-13-5-2-1-3-6-13/h1-9,16-17H,10-12H2,(H,20,21)/t16-,17+/m0/s1. The van der Waals surface area contributed by atoms with E-state index >= 15 is 0 Å². The predicted molar refractivity (Wildman–Crippen MR) is 91.1 cm³/mol. The summed E-state index contributed by atoms with van der Waals surface area (Å²) in [5.41, 5.74) is 2.11. The minimum Gasteiger partial charge on any atom is -0.445 e. The van der Waals surface area contributed by atoms with Crippen molar-refractivity contribution >= 4 is 22.0 Å². The number of ether oxygens (including phenoxy) is 2. The third-order valence-electron chi connectivity index (χ3n) is 3.67. The number of hydrogen-bond donors (Lipinski definition) is 1. The Morgan fingerprint density at radius 1 is 1.22 bits per heavy atom. The van der Waals surface area contributed by atoms with Gasteiger partial charge in [0.25, 0.3) is 0 Å². The van der Waals surface area contributed by atoms with Crippen LogP contribution in [-0.2, 0) is 22.5 Å². The smallest absolute Gasteiger partial charge is 0.407 e. The molecule has 0 spiro atoms. The first-order valence-electron chi connectivity index (χ1n) is 7.54. The molecule has 23 heavy (non-hydrogen) atoms. The van der Waals surface area contributed by atoms with Gasteiger partial charge in [-0.15, -0.1) is 0 Å². The third kappa shape index (κ3) is 5.08. The molecule has 2 aromatic rings. The monoisotopic (exact) mass is 375 g/mol. The highest BCUT2D eigenvalue weighted by atomic mass is 79.9. The summed E-state index contributed by atoms with van der Waals surface area (Å²) in [6.45, 7) is 0.944. The van der Waals surface area contributed by atoms with Crippen molar-refractivity contribution in [3.63, 3.8) is 0 Å². The highest BCUT2D eigenvalue weighted by molar-refractivity contribution is 9.10. The maximum Gasteiger partial charge on any atom is 0.407 e. The summed E-state index contributed by atoms with van der Waals surface area (Å²) in [4.78, 5) is 12.0. The average molecular weight is 376 g/mol. The molecule has 3 rings (SSSR count). The summed E-state index contributed by atoms with van der Waals surface area (Å²) < 4.78 is 11.7. The molecule has 1 aliphatic rings. The number of hydrogen-bond acceptors (Lipinski definition) is 3. The molecule has 1 N–H and O–H groups in total. The highest BCUT2D eigenvalue weighted by Gasteiger charge is 2.34. The molecule has 1 fully saturated rings. The van der Waals surface area contributed by atoms with Crippen LogP contribution < -0.4 is 5.32 Å². The molecule has 1 saturated heterocycles. The molecule has 2 atom stereocenters. The van der Waals surface area contributed by atoms with Gasteiger partial charge in [-0.25, -0.2) is 4.79 Å². The first-order valence-corrected chi connectivity index (χ1v) is 8.33. The molecule has 1 amide bonds. The van der Waals surface area contributed by atoms with Crippen LogP contribution in [0.2, 0.25) is 0 Å². The van der Waals surface area contributed by atoms with Gasteiger partial charge in [0.05, 0.1) is 12.6 Å². The maximum absolute atomic E-state index is 12.0. The third-order valence-corrected chi connectivity index (χ3v) is 4.16. The van der Waals surface area contributed by atoms with Crippen LogP contribution in [0.15, 0.2) is 59.1 Å². The van der Waals surface area contributed by atoms with Gasteiger partial charge in [0.2, 0.25) is 0 Å². The van der Waals surface area contributed by atoms with Crippen LogP contribution >= 0.6 is 15.9 Å². The second-order valence-electron chi connectivity index (χ2n) is 5.52. The molecule has 0 aliphatic carbocycles. The lowest BCUT2D eigenvalue weighted by Crippen LogP contribution is -2.40. The minimum atomic E-state index is -0.413. The minimum absolute atomic E-state index is 0.0678. The maximum atomic E-state index is 12.0. The number of nitrogens with one attached hydrogen (secondary N) is 1. The Bertz CT molecular complexity index is 658. The molecule has 0 bridgehead atoms. The van der Waals surface area contributed by atoms with Gasteiger partial charge in [0.1, 0.15) is 12.7 Å². The fraction of sp³-hybridized carbons (Fsp3) is 0.278. The average Bonchev–Trinajstić information content (AvgIpc) is 3.38. The van der Waals surface area contributed by atoms with Crippen molar-refractivity contribution in [1.82, 2.24) is 5.32 Å². The summed E-state index contributed by atoms with van der Waals surface area (Å²) in [6, 6.07) is 17.6. The van der Waals surface area contributed by atoms with E-state index in [1.165, 1.54) is 0 Å². The van der Waals surface area contributed by atoms with Gasteiger partial charge in [0, 0.05) is 4.47 Å². The topological polar surface area (TPSA) is 50.9 Å². The van der Waals surface area contributed by atoms with Gasteiger partial charge in [-0.1, -0.05) is 58.4 Å². The number of alkyl carbamates (subject to hydrolysis) is 1. The van der Waals surface area contributed by atoms with E-state index in [0.717, 1.165) is 15.6 Å². The van der Waals surface area contributed by atoms with Gasteiger partial charge >= 0.3 is 6.09 Å². The largest absolute Gasteiger partial charge is 0.445 e. The number of benzene rings is 2. The Morgan fingerprint density at radius 3 is 2.65 bits per heavy atom. The van der Waals surface area contributed by atoms with Gasteiger partial charge in [-0.2, -0.15) is 0 Å². The van der Waals surface area contributed by atoms with E-state index in [-0.39, 0.29) is 18.8 Å². The molecule has 0 unspecified atom stereocenters. The lowest BCUT2D eigenvalue weighted by Gasteiger charge is -2.17. The van der Waals surface area contributed by atoms with Crippen LogP contribution in [0.4, 0.5) is 4.79 Å². The molecule has 120 valence electrons. The van der Waals surface area contributed by atoms with Gasteiger partial charge in [0.15, 0.2) is 0 Å². The van der Waals surface area contributed by atoms with E-state index in [0.29, 0.717) is 13.0 Å². The summed E-state index contributed by atoms with van der Waals surface area (Å²) in [6.07, 6.45) is 0.368. The van der Waals surface area contributed by atoms with Gasteiger partial charge in [-0.3, -0.25) is 0 Å². The zero-order valence-corrected chi connectivity index (χ0v) is 14.2. The summed E-state index contributed by atoms with van der Waals surface area (Å²) in [7, 11) is 0. The van der Waals surface area contributed by atoms with Crippen LogP contribution in [0.3, 0.4) is 0 Å². The number of carbonyl (C=O) groups is 1. The Labute approximate surface area is 143 Å². The molecule has 0 saturated carbocycles. The normalized spacial score (nSPS) is 17.3. The number of amides is 1. The lowest BCUT2D eigenvalue weighted by molar-refractivity contribution is 0.133. The van der Waals surface area contributed by atoms with Gasteiger partial charge < -0.3 is 14.8 Å². The lowest BCUT2D eigenvalue weighted by atomic mass is 10.0. The first kappa shape index (κ1) is 16.0. The molecule has 4 nitrogen and oxygen atoms in total. The van der Waals surface area contributed by atoms with Crippen molar-refractivity contribution in [2.45, 2.75) is 25.2 Å². The molecule has 0 radical (unpaired) electrons. The van der Waals surface area contributed by atoms with E-state index in [9.17, 15) is 4.79 Å². The Morgan fingerprint density at radius 2 is 1.96 bits per heavy atom. The molecule has 1 heterocycles. The number of epoxide rings is 1. The fourth-order valence-corrected chi connectivity index (χ4v) is 2.84. The van der Waals surface area contributed by atoms with E-state index in [1.54, 1.807) is 0 Å². The summed E-state index contributed by atoms with van der Waals surface area (Å²) in [5, 5.41) is 2.92. The van der Waals surface area contributed by atoms with Gasteiger partial charge in [-0.05, 0) is 29.7 Å². The fourth-order valence-electron chi connectivity index (χ4n) is 2.40. The molecule has 5 heteroatoms. The molecular formula is C18H18BrNO3. The number of rotatable bonds is 6. The van der Waals surface area contributed by atoms with Crippen molar-refractivity contribution in [3.8, 4) is 0 Å². The molecule has 2 aromatic carbocycles. The second-order valence-corrected chi connectivity index (χ2v) is 6.43. The Balaban J connectivity index is 1.54. The van der Waals surface area contributed by atoms with Crippen LogP contribution in [0.1, 0.15) is 11.1 Å².